The topological polar surface area (TPSA) is 79.5 Å². The second-order valence-electron chi connectivity index (χ2n) is 9.76. The second kappa shape index (κ2) is 7.74. The van der Waals surface area contributed by atoms with E-state index in [1.165, 1.54) is 4.90 Å². The van der Waals surface area contributed by atoms with Crippen LogP contribution in [0.3, 0.4) is 0 Å². The van der Waals surface area contributed by atoms with Crippen molar-refractivity contribution in [3.8, 4) is 16.9 Å². The third kappa shape index (κ3) is 4.32. The number of rotatable bonds is 4. The van der Waals surface area contributed by atoms with Crippen LogP contribution in [0.25, 0.3) is 11.1 Å². The summed E-state index contributed by atoms with van der Waals surface area (Å²) in [4.78, 5) is 42.0. The summed E-state index contributed by atoms with van der Waals surface area (Å²) >= 11 is 0. The van der Waals surface area contributed by atoms with Gasteiger partial charge in [-0.05, 0) is 46.2 Å². The zero-order valence-corrected chi connectivity index (χ0v) is 18.6. The van der Waals surface area contributed by atoms with Gasteiger partial charge in [0.05, 0.1) is 13.7 Å². The number of pyridine rings is 1. The standard InChI is InChI=1S/C24H30N2O4/c1-23(2,3)18-11-17(16-8-7-9-25-22(16)29)15(10-19(18)30-6)14-26-20(27)12-24(4,5)13-21(26)28/h7-11H,12-14H2,1-6H3,(H,25,29). The fourth-order valence-electron chi connectivity index (χ4n) is 3.95. The summed E-state index contributed by atoms with van der Waals surface area (Å²) in [6, 6.07) is 7.31. The minimum absolute atomic E-state index is 0.109. The number of aromatic amines is 1. The Bertz CT molecular complexity index is 1020. The molecule has 1 saturated heterocycles. The summed E-state index contributed by atoms with van der Waals surface area (Å²) < 4.78 is 5.64. The summed E-state index contributed by atoms with van der Waals surface area (Å²) in [6.07, 6.45) is 2.22. The van der Waals surface area contributed by atoms with Crippen molar-refractivity contribution in [1.29, 1.82) is 0 Å². The lowest BCUT2D eigenvalue weighted by Gasteiger charge is -2.35. The molecule has 0 spiro atoms. The van der Waals surface area contributed by atoms with Crippen LogP contribution < -0.4 is 10.3 Å². The van der Waals surface area contributed by atoms with Gasteiger partial charge in [0, 0.05) is 30.2 Å². The normalized spacial score (nSPS) is 16.7. The molecule has 0 bridgehead atoms. The molecule has 1 N–H and O–H groups in total. The van der Waals surface area contributed by atoms with Crippen molar-refractivity contribution in [2.24, 2.45) is 5.41 Å². The van der Waals surface area contributed by atoms with Crippen LogP contribution in [-0.4, -0.2) is 28.8 Å². The minimum atomic E-state index is -0.335. The number of nitrogens with zero attached hydrogens (tertiary/aromatic N) is 1. The number of likely N-dealkylation sites (tertiary alicyclic amines) is 1. The maximum Gasteiger partial charge on any atom is 0.255 e. The van der Waals surface area contributed by atoms with Gasteiger partial charge in [-0.25, -0.2) is 0 Å². The number of H-pyrrole nitrogens is 1. The molecule has 0 unspecified atom stereocenters. The molecule has 1 aliphatic rings. The lowest BCUT2D eigenvalue weighted by Crippen LogP contribution is -2.45. The first-order chi connectivity index (χ1) is 13.9. The molecular formula is C24H30N2O4. The Balaban J connectivity index is 2.16. The van der Waals surface area contributed by atoms with Gasteiger partial charge in [-0.1, -0.05) is 34.6 Å². The highest BCUT2D eigenvalue weighted by molar-refractivity contribution is 5.98. The zero-order chi connectivity index (χ0) is 22.3. The van der Waals surface area contributed by atoms with E-state index in [1.807, 2.05) is 26.0 Å². The fourth-order valence-corrected chi connectivity index (χ4v) is 3.95. The predicted molar refractivity (Wildman–Crippen MR) is 116 cm³/mol. The quantitative estimate of drug-likeness (QED) is 0.772. The maximum atomic E-state index is 12.7. The molecule has 30 heavy (non-hydrogen) atoms. The van der Waals surface area contributed by atoms with Gasteiger partial charge in [0.1, 0.15) is 5.75 Å². The number of hydrogen-bond acceptors (Lipinski definition) is 4. The smallest absolute Gasteiger partial charge is 0.255 e. The molecule has 3 rings (SSSR count). The number of carbonyl (C=O) groups is 2. The molecule has 6 heteroatoms. The van der Waals surface area contributed by atoms with Crippen LogP contribution in [0.4, 0.5) is 0 Å². The summed E-state index contributed by atoms with van der Waals surface area (Å²) in [7, 11) is 1.60. The monoisotopic (exact) mass is 410 g/mol. The number of amides is 2. The summed E-state index contributed by atoms with van der Waals surface area (Å²) in [6.45, 7) is 10.2. The molecule has 1 aliphatic heterocycles. The van der Waals surface area contributed by atoms with Crippen LogP contribution >= 0.6 is 0 Å². The Morgan fingerprint density at radius 1 is 1.07 bits per heavy atom. The van der Waals surface area contributed by atoms with Crippen molar-refractivity contribution in [1.82, 2.24) is 9.88 Å². The summed E-state index contributed by atoms with van der Waals surface area (Å²) in [5.41, 5.74) is 2.08. The predicted octanol–water partition coefficient (Wildman–Crippen LogP) is 4.02. The SMILES string of the molecule is COc1cc(CN2C(=O)CC(C)(C)CC2=O)c(-c2ccc[nH]c2=O)cc1C(C)(C)C. The molecule has 1 aromatic carbocycles. The Kier molecular flexibility index (Phi) is 5.63. The van der Waals surface area contributed by atoms with Crippen molar-refractivity contribution >= 4 is 11.8 Å². The van der Waals surface area contributed by atoms with Gasteiger partial charge >= 0.3 is 0 Å². The van der Waals surface area contributed by atoms with Gasteiger partial charge in [0.25, 0.3) is 5.56 Å². The highest BCUT2D eigenvalue weighted by Crippen LogP contribution is 2.38. The Morgan fingerprint density at radius 3 is 2.23 bits per heavy atom. The number of carbonyl (C=O) groups excluding carboxylic acids is 2. The first-order valence-electron chi connectivity index (χ1n) is 10.2. The van der Waals surface area contributed by atoms with E-state index >= 15 is 0 Å². The first kappa shape index (κ1) is 21.8. The van der Waals surface area contributed by atoms with Crippen LogP contribution in [0.1, 0.15) is 58.6 Å². The van der Waals surface area contributed by atoms with E-state index < -0.39 is 0 Å². The van der Waals surface area contributed by atoms with Gasteiger partial charge in [0.15, 0.2) is 0 Å². The van der Waals surface area contributed by atoms with E-state index in [2.05, 4.69) is 25.8 Å². The number of piperidine rings is 1. The molecule has 0 radical (unpaired) electrons. The number of aromatic nitrogens is 1. The van der Waals surface area contributed by atoms with Crippen LogP contribution in [0.2, 0.25) is 0 Å². The van der Waals surface area contributed by atoms with Gasteiger partial charge in [-0.3, -0.25) is 19.3 Å². The van der Waals surface area contributed by atoms with Crippen molar-refractivity contribution in [2.45, 2.75) is 59.4 Å². The molecule has 6 nitrogen and oxygen atoms in total. The third-order valence-corrected chi connectivity index (χ3v) is 5.53. The van der Waals surface area contributed by atoms with Crippen LogP contribution in [0, 0.1) is 5.41 Å². The largest absolute Gasteiger partial charge is 0.496 e. The maximum absolute atomic E-state index is 12.7. The van der Waals surface area contributed by atoms with Gasteiger partial charge in [0.2, 0.25) is 11.8 Å². The van der Waals surface area contributed by atoms with Crippen LogP contribution in [-0.2, 0) is 21.5 Å². The second-order valence-corrected chi connectivity index (χ2v) is 9.76. The number of nitrogens with one attached hydrogen (secondary N) is 1. The molecule has 2 amide bonds. The average molecular weight is 411 g/mol. The molecule has 160 valence electrons. The number of hydrogen-bond donors (Lipinski definition) is 1. The number of methoxy groups -OCH3 is 1. The minimum Gasteiger partial charge on any atom is -0.496 e. The third-order valence-electron chi connectivity index (χ3n) is 5.53. The highest BCUT2D eigenvalue weighted by Gasteiger charge is 2.37. The number of benzene rings is 1. The highest BCUT2D eigenvalue weighted by atomic mass is 16.5. The van der Waals surface area contributed by atoms with E-state index in [9.17, 15) is 14.4 Å². The first-order valence-corrected chi connectivity index (χ1v) is 10.2. The summed E-state index contributed by atoms with van der Waals surface area (Å²) in [5.74, 6) is 0.289. The van der Waals surface area contributed by atoms with E-state index in [0.717, 1.165) is 5.56 Å². The Labute approximate surface area is 177 Å². The number of imide groups is 1. The molecule has 2 heterocycles. The zero-order valence-electron chi connectivity index (χ0n) is 18.6. The number of ether oxygens (including phenoxy) is 1. The van der Waals surface area contributed by atoms with Crippen molar-refractivity contribution in [3.63, 3.8) is 0 Å². The molecular weight excluding hydrogens is 380 g/mol. The van der Waals surface area contributed by atoms with Crippen molar-refractivity contribution in [3.05, 3.63) is 51.9 Å². The van der Waals surface area contributed by atoms with Gasteiger partial charge in [-0.2, -0.15) is 0 Å². The van der Waals surface area contributed by atoms with Crippen LogP contribution in [0.5, 0.6) is 5.75 Å². The molecule has 1 fully saturated rings. The van der Waals surface area contributed by atoms with Crippen molar-refractivity contribution in [2.75, 3.05) is 7.11 Å². The van der Waals surface area contributed by atoms with E-state index in [4.69, 9.17) is 4.74 Å². The summed E-state index contributed by atoms with van der Waals surface area (Å²) in [5, 5.41) is 0. The molecule has 0 saturated carbocycles. The van der Waals surface area contributed by atoms with Crippen molar-refractivity contribution < 1.29 is 14.3 Å². The van der Waals surface area contributed by atoms with Crippen LogP contribution in [0.15, 0.2) is 35.3 Å². The van der Waals surface area contributed by atoms with E-state index in [0.29, 0.717) is 35.3 Å². The van der Waals surface area contributed by atoms with Gasteiger partial charge in [-0.15, -0.1) is 0 Å². The Morgan fingerprint density at radius 2 is 1.70 bits per heavy atom. The fraction of sp³-hybridized carbons (Fsp3) is 0.458. The van der Waals surface area contributed by atoms with Gasteiger partial charge < -0.3 is 9.72 Å². The molecule has 2 aromatic rings. The Hall–Kier alpha value is -2.89. The lowest BCUT2D eigenvalue weighted by molar-refractivity contribution is -0.153. The lowest BCUT2D eigenvalue weighted by atomic mass is 9.81. The molecule has 0 aliphatic carbocycles. The van der Waals surface area contributed by atoms with E-state index in [1.54, 1.807) is 25.4 Å². The molecule has 0 atom stereocenters. The van der Waals surface area contributed by atoms with E-state index in [-0.39, 0.29) is 34.7 Å². The molecule has 1 aromatic heterocycles. The average Bonchev–Trinajstić information content (AvgIpc) is 2.63.